The molecular weight excluding hydrogens is 667 g/mol. The Labute approximate surface area is 319 Å². The van der Waals surface area contributed by atoms with Crippen molar-refractivity contribution in [2.75, 3.05) is 0 Å². The van der Waals surface area contributed by atoms with Crippen molar-refractivity contribution < 1.29 is 0 Å². The van der Waals surface area contributed by atoms with Gasteiger partial charge in [0.25, 0.3) is 0 Å². The van der Waals surface area contributed by atoms with Crippen LogP contribution in [-0.2, 0) is 5.41 Å². The van der Waals surface area contributed by atoms with Crippen LogP contribution in [0.2, 0.25) is 0 Å². The predicted molar refractivity (Wildman–Crippen MR) is 229 cm³/mol. The van der Waals surface area contributed by atoms with Gasteiger partial charge in [-0.2, -0.15) is 0 Å². The van der Waals surface area contributed by atoms with Crippen molar-refractivity contribution in [3.8, 4) is 56.4 Å². The Morgan fingerprint density at radius 3 is 1.35 bits per heavy atom. The van der Waals surface area contributed by atoms with Crippen LogP contribution < -0.4 is 0 Å². The normalized spacial score (nSPS) is 13.1. The summed E-state index contributed by atoms with van der Waals surface area (Å²) < 4.78 is 0. The summed E-state index contributed by atoms with van der Waals surface area (Å²) in [4.78, 5) is 15.6. The molecule has 11 rings (SSSR count). The Morgan fingerprint density at radius 2 is 0.745 bits per heavy atom. The van der Waals surface area contributed by atoms with Crippen LogP contribution in [0.15, 0.2) is 176 Å². The van der Waals surface area contributed by atoms with Crippen molar-refractivity contribution in [3.63, 3.8) is 0 Å². The van der Waals surface area contributed by atoms with E-state index in [1.54, 1.807) is 0 Å². The van der Waals surface area contributed by atoms with Gasteiger partial charge in [0, 0.05) is 22.1 Å². The smallest absolute Gasteiger partial charge is 0.164 e. The van der Waals surface area contributed by atoms with Gasteiger partial charge in [-0.1, -0.05) is 178 Å². The zero-order valence-electron chi connectivity index (χ0n) is 30.6. The van der Waals surface area contributed by atoms with Crippen molar-refractivity contribution in [3.05, 3.63) is 187 Å². The fourth-order valence-corrected chi connectivity index (χ4v) is 8.84. The third-order valence-corrected chi connectivity index (χ3v) is 11.7. The summed E-state index contributed by atoms with van der Waals surface area (Å²) >= 11 is 0. The highest BCUT2D eigenvalue weighted by Crippen LogP contribution is 2.52. The molecule has 0 saturated carbocycles. The van der Waals surface area contributed by atoms with Gasteiger partial charge in [-0.25, -0.2) is 15.0 Å². The molecule has 0 saturated heterocycles. The summed E-state index contributed by atoms with van der Waals surface area (Å²) in [5.74, 6) is 1.95. The molecule has 0 unspecified atom stereocenters. The minimum Gasteiger partial charge on any atom is -0.208 e. The number of rotatable bonds is 4. The Bertz CT molecular complexity index is 3040. The quantitative estimate of drug-likeness (QED) is 0.171. The third kappa shape index (κ3) is 5.01. The molecule has 3 heteroatoms. The highest BCUT2D eigenvalue weighted by molar-refractivity contribution is 6.09. The molecule has 0 aliphatic heterocycles. The van der Waals surface area contributed by atoms with E-state index < -0.39 is 0 Å². The second-order valence-electron chi connectivity index (χ2n) is 15.2. The lowest BCUT2D eigenvalue weighted by atomic mass is 9.82. The average molecular weight is 702 g/mol. The molecule has 0 spiro atoms. The molecule has 0 fully saturated rings. The SMILES string of the molecule is CC1(C)c2ccccc2-c2c(-c3ccc(-c4nc(-c5ccc6ccc7ccccc7c6c5)nc(-c5ccc6ccc7ccccc7c6c5)n4)cc3)cccc21. The first-order chi connectivity index (χ1) is 27.0. The Kier molecular flexibility index (Phi) is 6.90. The predicted octanol–water partition coefficient (Wildman–Crippen LogP) is 13.5. The molecule has 1 heterocycles. The summed E-state index contributed by atoms with van der Waals surface area (Å²) in [7, 11) is 0. The van der Waals surface area contributed by atoms with E-state index in [4.69, 9.17) is 15.0 Å². The summed E-state index contributed by atoms with van der Waals surface area (Å²) in [6.07, 6.45) is 0. The molecule has 9 aromatic carbocycles. The minimum absolute atomic E-state index is 0.0519. The van der Waals surface area contributed by atoms with Gasteiger partial charge in [-0.15, -0.1) is 0 Å². The Balaban J connectivity index is 1.08. The largest absolute Gasteiger partial charge is 0.208 e. The van der Waals surface area contributed by atoms with Gasteiger partial charge in [0.15, 0.2) is 17.5 Å². The van der Waals surface area contributed by atoms with E-state index in [2.05, 4.69) is 190 Å². The molecule has 0 bridgehead atoms. The fraction of sp³-hybridized carbons (Fsp3) is 0.0577. The first-order valence-corrected chi connectivity index (χ1v) is 18.9. The molecule has 55 heavy (non-hydrogen) atoms. The maximum absolute atomic E-state index is 5.19. The summed E-state index contributed by atoms with van der Waals surface area (Å²) in [5, 5.41) is 9.59. The Morgan fingerprint density at radius 1 is 0.327 bits per heavy atom. The molecule has 0 radical (unpaired) electrons. The lowest BCUT2D eigenvalue weighted by Gasteiger charge is -2.21. The highest BCUT2D eigenvalue weighted by atomic mass is 15.0. The minimum atomic E-state index is -0.0519. The van der Waals surface area contributed by atoms with Crippen LogP contribution in [-0.4, -0.2) is 15.0 Å². The van der Waals surface area contributed by atoms with Crippen LogP contribution in [0.5, 0.6) is 0 Å². The Hall–Kier alpha value is -6.97. The van der Waals surface area contributed by atoms with E-state index >= 15 is 0 Å². The lowest BCUT2D eigenvalue weighted by molar-refractivity contribution is 0.660. The van der Waals surface area contributed by atoms with Gasteiger partial charge in [0.05, 0.1) is 0 Å². The van der Waals surface area contributed by atoms with E-state index in [9.17, 15) is 0 Å². The zero-order chi connectivity index (χ0) is 36.7. The lowest BCUT2D eigenvalue weighted by Crippen LogP contribution is -2.14. The monoisotopic (exact) mass is 701 g/mol. The number of hydrogen-bond donors (Lipinski definition) is 0. The van der Waals surface area contributed by atoms with Crippen LogP contribution in [0.3, 0.4) is 0 Å². The van der Waals surface area contributed by atoms with Crippen LogP contribution in [0.4, 0.5) is 0 Å². The molecule has 1 aromatic heterocycles. The van der Waals surface area contributed by atoms with Gasteiger partial charge in [0.1, 0.15) is 0 Å². The molecule has 3 nitrogen and oxygen atoms in total. The molecular formula is C52H35N3. The maximum Gasteiger partial charge on any atom is 0.164 e. The summed E-state index contributed by atoms with van der Waals surface area (Å²) in [6, 6.07) is 63.2. The van der Waals surface area contributed by atoms with Crippen LogP contribution >= 0.6 is 0 Å². The second kappa shape index (κ2) is 12.0. The van der Waals surface area contributed by atoms with E-state index in [1.807, 2.05) is 0 Å². The zero-order valence-corrected chi connectivity index (χ0v) is 30.6. The van der Waals surface area contributed by atoms with Crippen molar-refractivity contribution in [2.45, 2.75) is 19.3 Å². The average Bonchev–Trinajstić information content (AvgIpc) is 3.49. The number of hydrogen-bond acceptors (Lipinski definition) is 3. The second-order valence-corrected chi connectivity index (χ2v) is 15.2. The van der Waals surface area contributed by atoms with Crippen LogP contribution in [0.1, 0.15) is 25.0 Å². The van der Waals surface area contributed by atoms with E-state index in [1.165, 1.54) is 76.5 Å². The summed E-state index contributed by atoms with van der Waals surface area (Å²) in [5.41, 5.74) is 10.6. The third-order valence-electron chi connectivity index (χ3n) is 11.7. The molecule has 258 valence electrons. The first kappa shape index (κ1) is 31.5. The molecule has 10 aromatic rings. The standard InChI is InChI=1S/C52H35N3/c1-52(2)46-16-8-7-14-43(46)48-42(15-9-17-47(48)52)34-22-26-37(27-23-34)49-53-50(38-28-24-35-20-18-32-10-3-5-12-40(32)44(35)30-38)55-51(54-49)39-29-25-36-21-19-33-11-4-6-13-41(33)45(36)31-39/h3-31H,1-2H3. The van der Waals surface area contributed by atoms with Gasteiger partial charge >= 0.3 is 0 Å². The van der Waals surface area contributed by atoms with Crippen molar-refractivity contribution in [1.82, 2.24) is 15.0 Å². The van der Waals surface area contributed by atoms with Gasteiger partial charge in [-0.3, -0.25) is 0 Å². The van der Waals surface area contributed by atoms with E-state index in [0.29, 0.717) is 17.5 Å². The van der Waals surface area contributed by atoms with Crippen LogP contribution in [0.25, 0.3) is 99.5 Å². The topological polar surface area (TPSA) is 38.7 Å². The number of fused-ring (bicyclic) bond motifs is 9. The van der Waals surface area contributed by atoms with Crippen molar-refractivity contribution in [1.29, 1.82) is 0 Å². The number of nitrogens with zero attached hydrogens (tertiary/aromatic N) is 3. The number of aromatic nitrogens is 3. The van der Waals surface area contributed by atoms with Gasteiger partial charge in [0.2, 0.25) is 0 Å². The number of benzene rings is 9. The summed E-state index contributed by atoms with van der Waals surface area (Å²) in [6.45, 7) is 4.66. The maximum atomic E-state index is 5.19. The van der Waals surface area contributed by atoms with Crippen LogP contribution in [0, 0.1) is 0 Å². The van der Waals surface area contributed by atoms with Crippen molar-refractivity contribution >= 4 is 43.1 Å². The van der Waals surface area contributed by atoms with Gasteiger partial charge in [-0.05, 0) is 88.6 Å². The van der Waals surface area contributed by atoms with E-state index in [-0.39, 0.29) is 5.41 Å². The molecule has 1 aliphatic carbocycles. The highest BCUT2D eigenvalue weighted by Gasteiger charge is 2.36. The van der Waals surface area contributed by atoms with E-state index in [0.717, 1.165) is 16.7 Å². The fourth-order valence-electron chi connectivity index (χ4n) is 8.84. The first-order valence-electron chi connectivity index (χ1n) is 18.9. The molecule has 0 N–H and O–H groups in total. The van der Waals surface area contributed by atoms with Crippen molar-refractivity contribution in [2.24, 2.45) is 0 Å². The molecule has 1 aliphatic rings. The molecule has 0 amide bonds. The molecule has 0 atom stereocenters. The van der Waals surface area contributed by atoms with Gasteiger partial charge < -0.3 is 0 Å².